The first-order valence-corrected chi connectivity index (χ1v) is 9.42. The summed E-state index contributed by atoms with van der Waals surface area (Å²) in [7, 11) is 0. The Morgan fingerprint density at radius 2 is 1.31 bits per heavy atom. The molecule has 0 N–H and O–H groups in total. The van der Waals surface area contributed by atoms with Crippen molar-refractivity contribution >= 4 is 11.9 Å². The van der Waals surface area contributed by atoms with E-state index in [1.165, 1.54) is 0 Å². The third kappa shape index (κ3) is 5.94. The molecule has 0 saturated heterocycles. The highest BCUT2D eigenvalue weighted by atomic mass is 16.5. The summed E-state index contributed by atoms with van der Waals surface area (Å²) in [5.41, 5.74) is 1.92. The average Bonchev–Trinajstić information content (AvgIpc) is 2.75. The Labute approximate surface area is 169 Å². The summed E-state index contributed by atoms with van der Waals surface area (Å²) in [6.07, 6.45) is 0.657. The maximum absolute atomic E-state index is 12.2. The van der Waals surface area contributed by atoms with Gasteiger partial charge in [-0.15, -0.1) is 0 Å². The Kier molecular flexibility index (Phi) is 7.00. The summed E-state index contributed by atoms with van der Waals surface area (Å²) in [6, 6.07) is 22.8. The Morgan fingerprint density at radius 1 is 0.724 bits per heavy atom. The molecule has 148 valence electrons. The van der Waals surface area contributed by atoms with Crippen molar-refractivity contribution in [3.63, 3.8) is 0 Å². The van der Waals surface area contributed by atoms with E-state index < -0.39 is 11.9 Å². The van der Waals surface area contributed by atoms with Crippen molar-refractivity contribution in [2.45, 2.75) is 13.3 Å². The highest BCUT2D eigenvalue weighted by Crippen LogP contribution is 2.17. The quantitative estimate of drug-likeness (QED) is 0.412. The lowest BCUT2D eigenvalue weighted by atomic mass is 10.2. The molecule has 0 aliphatic heterocycles. The number of esters is 2. The van der Waals surface area contributed by atoms with Gasteiger partial charge in [0, 0.05) is 6.42 Å². The Bertz CT molecular complexity index is 931. The van der Waals surface area contributed by atoms with Crippen molar-refractivity contribution < 1.29 is 23.8 Å². The molecule has 0 fully saturated rings. The minimum Gasteiger partial charge on any atom is -0.494 e. The molecule has 0 aromatic heterocycles. The van der Waals surface area contributed by atoms with Crippen LogP contribution < -0.4 is 9.47 Å². The lowest BCUT2D eigenvalue weighted by molar-refractivity contribution is 0.0509. The maximum atomic E-state index is 12.2. The Morgan fingerprint density at radius 3 is 1.93 bits per heavy atom. The monoisotopic (exact) mass is 390 g/mol. The van der Waals surface area contributed by atoms with Crippen molar-refractivity contribution in [1.82, 2.24) is 0 Å². The molecule has 3 aromatic carbocycles. The largest absolute Gasteiger partial charge is 0.494 e. The third-order valence-corrected chi connectivity index (χ3v) is 4.17. The molecule has 0 amide bonds. The highest BCUT2D eigenvalue weighted by Gasteiger charge is 2.11. The van der Waals surface area contributed by atoms with Crippen LogP contribution in [-0.2, 0) is 11.2 Å². The second-order valence-corrected chi connectivity index (χ2v) is 6.24. The van der Waals surface area contributed by atoms with E-state index in [1.807, 2.05) is 37.3 Å². The second kappa shape index (κ2) is 10.1. The normalized spacial score (nSPS) is 10.2. The molecule has 5 heteroatoms. The standard InChI is InChI=1S/C24H22O5/c1-2-27-21-12-8-20(9-13-21)24(26)29-22-14-10-19(11-15-22)23(25)28-17-16-18-6-4-3-5-7-18/h3-15H,2,16-17H2,1H3. The number of hydrogen-bond acceptors (Lipinski definition) is 5. The predicted octanol–water partition coefficient (Wildman–Crippen LogP) is 4.70. The molecule has 3 rings (SSSR count). The molecular weight excluding hydrogens is 368 g/mol. The molecule has 0 aliphatic rings. The van der Waals surface area contributed by atoms with Gasteiger partial charge < -0.3 is 14.2 Å². The third-order valence-electron chi connectivity index (χ3n) is 4.17. The number of benzene rings is 3. The number of rotatable bonds is 8. The maximum Gasteiger partial charge on any atom is 0.343 e. The fourth-order valence-electron chi connectivity index (χ4n) is 2.67. The van der Waals surface area contributed by atoms with Gasteiger partial charge in [0.2, 0.25) is 0 Å². The SMILES string of the molecule is CCOc1ccc(C(=O)Oc2ccc(C(=O)OCCc3ccccc3)cc2)cc1. The molecule has 0 saturated carbocycles. The van der Waals surface area contributed by atoms with E-state index in [9.17, 15) is 9.59 Å². The average molecular weight is 390 g/mol. The van der Waals surface area contributed by atoms with E-state index in [0.717, 1.165) is 5.56 Å². The molecule has 0 spiro atoms. The van der Waals surface area contributed by atoms with Crippen molar-refractivity contribution in [3.05, 3.63) is 95.6 Å². The molecule has 0 heterocycles. The number of carbonyl (C=O) groups excluding carboxylic acids is 2. The van der Waals surface area contributed by atoms with E-state index in [1.54, 1.807) is 48.5 Å². The first kappa shape index (κ1) is 20.1. The zero-order chi connectivity index (χ0) is 20.5. The predicted molar refractivity (Wildman–Crippen MR) is 109 cm³/mol. The van der Waals surface area contributed by atoms with Gasteiger partial charge in [0.05, 0.1) is 24.3 Å². The summed E-state index contributed by atoms with van der Waals surface area (Å²) in [4.78, 5) is 24.4. The fourth-order valence-corrected chi connectivity index (χ4v) is 2.67. The van der Waals surface area contributed by atoms with Crippen LogP contribution in [-0.4, -0.2) is 25.2 Å². The zero-order valence-corrected chi connectivity index (χ0v) is 16.2. The number of ether oxygens (including phenoxy) is 3. The summed E-state index contributed by atoms with van der Waals surface area (Å²) in [5.74, 6) is 0.153. The van der Waals surface area contributed by atoms with Gasteiger partial charge in [0.15, 0.2) is 0 Å². The number of hydrogen-bond donors (Lipinski definition) is 0. The van der Waals surface area contributed by atoms with Crippen LogP contribution in [0.2, 0.25) is 0 Å². The van der Waals surface area contributed by atoms with Gasteiger partial charge in [-0.05, 0) is 61.0 Å². The molecule has 0 bridgehead atoms. The van der Waals surface area contributed by atoms with Gasteiger partial charge in [0.1, 0.15) is 11.5 Å². The van der Waals surface area contributed by atoms with E-state index in [-0.39, 0.29) is 0 Å². The summed E-state index contributed by atoms with van der Waals surface area (Å²) >= 11 is 0. The Balaban J connectivity index is 1.51. The van der Waals surface area contributed by atoms with Crippen LogP contribution in [0.5, 0.6) is 11.5 Å². The van der Waals surface area contributed by atoms with Gasteiger partial charge >= 0.3 is 11.9 Å². The molecule has 29 heavy (non-hydrogen) atoms. The van der Waals surface area contributed by atoms with Crippen molar-refractivity contribution in [2.24, 2.45) is 0 Å². The van der Waals surface area contributed by atoms with Gasteiger partial charge in [-0.1, -0.05) is 30.3 Å². The lowest BCUT2D eigenvalue weighted by Crippen LogP contribution is -2.10. The van der Waals surface area contributed by atoms with Gasteiger partial charge in [-0.25, -0.2) is 9.59 Å². The van der Waals surface area contributed by atoms with Crippen LogP contribution in [0.25, 0.3) is 0 Å². The van der Waals surface area contributed by atoms with Crippen LogP contribution >= 0.6 is 0 Å². The second-order valence-electron chi connectivity index (χ2n) is 6.24. The van der Waals surface area contributed by atoms with Crippen LogP contribution in [0.15, 0.2) is 78.9 Å². The fraction of sp³-hybridized carbons (Fsp3) is 0.167. The highest BCUT2D eigenvalue weighted by molar-refractivity contribution is 5.92. The van der Waals surface area contributed by atoms with E-state index in [4.69, 9.17) is 14.2 Å². The molecule has 5 nitrogen and oxygen atoms in total. The van der Waals surface area contributed by atoms with Crippen LogP contribution in [0.1, 0.15) is 33.2 Å². The topological polar surface area (TPSA) is 61.8 Å². The summed E-state index contributed by atoms with van der Waals surface area (Å²) < 4.78 is 16.0. The molecular formula is C24H22O5. The molecule has 0 aliphatic carbocycles. The van der Waals surface area contributed by atoms with E-state index in [0.29, 0.717) is 42.3 Å². The smallest absolute Gasteiger partial charge is 0.343 e. The summed E-state index contributed by atoms with van der Waals surface area (Å²) in [5, 5.41) is 0. The van der Waals surface area contributed by atoms with Crippen LogP contribution in [0.3, 0.4) is 0 Å². The lowest BCUT2D eigenvalue weighted by Gasteiger charge is -2.08. The minimum atomic E-state index is -0.480. The van der Waals surface area contributed by atoms with Gasteiger partial charge in [-0.2, -0.15) is 0 Å². The van der Waals surface area contributed by atoms with Crippen LogP contribution in [0, 0.1) is 0 Å². The van der Waals surface area contributed by atoms with E-state index >= 15 is 0 Å². The van der Waals surface area contributed by atoms with Gasteiger partial charge in [-0.3, -0.25) is 0 Å². The minimum absolute atomic E-state index is 0.303. The Hall–Kier alpha value is -3.60. The van der Waals surface area contributed by atoms with Crippen molar-refractivity contribution in [3.8, 4) is 11.5 Å². The number of carbonyl (C=O) groups is 2. The molecule has 0 unspecified atom stereocenters. The first-order valence-electron chi connectivity index (χ1n) is 9.42. The van der Waals surface area contributed by atoms with E-state index in [2.05, 4.69) is 0 Å². The summed E-state index contributed by atoms with van der Waals surface area (Å²) in [6.45, 7) is 2.76. The first-order chi connectivity index (χ1) is 14.2. The van der Waals surface area contributed by atoms with Crippen LogP contribution in [0.4, 0.5) is 0 Å². The zero-order valence-electron chi connectivity index (χ0n) is 16.2. The van der Waals surface area contributed by atoms with Crippen molar-refractivity contribution in [2.75, 3.05) is 13.2 Å². The van der Waals surface area contributed by atoms with Crippen molar-refractivity contribution in [1.29, 1.82) is 0 Å². The molecule has 3 aromatic rings. The molecule has 0 atom stereocenters. The van der Waals surface area contributed by atoms with Gasteiger partial charge in [0.25, 0.3) is 0 Å². The molecule has 0 radical (unpaired) electrons.